The van der Waals surface area contributed by atoms with Crippen LogP contribution in [0.15, 0.2) is 58.1 Å². The molecule has 0 aliphatic heterocycles. The average molecular weight is 385 g/mol. The molecule has 1 amide bonds. The Bertz CT molecular complexity index is 908. The lowest BCUT2D eigenvalue weighted by atomic mass is 10.2. The van der Waals surface area contributed by atoms with Crippen LogP contribution in [0.2, 0.25) is 0 Å². The van der Waals surface area contributed by atoms with E-state index in [2.05, 4.69) is 10.6 Å². The van der Waals surface area contributed by atoms with Gasteiger partial charge in [0.1, 0.15) is 5.75 Å². The normalized spacial score (nSPS) is 10.6. The molecule has 27 heavy (non-hydrogen) atoms. The maximum absolute atomic E-state index is 12.2. The Morgan fingerprint density at radius 2 is 1.93 bits per heavy atom. The highest BCUT2D eigenvalue weighted by Gasteiger charge is 2.22. The van der Waals surface area contributed by atoms with E-state index in [9.17, 15) is 9.90 Å². The number of amides is 1. The second-order valence-electron chi connectivity index (χ2n) is 5.71. The molecular weight excluding hydrogens is 366 g/mol. The minimum absolute atomic E-state index is 0.0511. The van der Waals surface area contributed by atoms with E-state index in [1.54, 1.807) is 24.3 Å². The predicted molar refractivity (Wildman–Crippen MR) is 99.2 cm³/mol. The summed E-state index contributed by atoms with van der Waals surface area (Å²) in [5.74, 6) is -0.0191. The van der Waals surface area contributed by atoms with Crippen LogP contribution >= 0.6 is 11.8 Å². The van der Waals surface area contributed by atoms with Gasteiger partial charge in [0, 0.05) is 17.8 Å². The van der Waals surface area contributed by atoms with Crippen LogP contribution < -0.4 is 19.8 Å². The fourth-order valence-electron chi connectivity index (χ4n) is 2.34. The molecular formula is C19H19N3O4S. The molecule has 0 aliphatic carbocycles. The van der Waals surface area contributed by atoms with Gasteiger partial charge in [-0.3, -0.25) is 4.79 Å². The van der Waals surface area contributed by atoms with Gasteiger partial charge in [-0.2, -0.15) is 0 Å². The highest BCUT2D eigenvalue weighted by atomic mass is 32.2. The molecule has 0 atom stereocenters. The molecule has 0 fully saturated rings. The van der Waals surface area contributed by atoms with Crippen molar-refractivity contribution in [1.29, 1.82) is 0 Å². The Balaban J connectivity index is 1.63. The Hall–Kier alpha value is -3.00. The molecule has 1 heterocycles. The summed E-state index contributed by atoms with van der Waals surface area (Å²) >= 11 is 1.08. The summed E-state index contributed by atoms with van der Waals surface area (Å²) in [5, 5.41) is 18.7. The van der Waals surface area contributed by atoms with Crippen molar-refractivity contribution in [2.24, 2.45) is 0 Å². The van der Waals surface area contributed by atoms with E-state index in [-0.39, 0.29) is 16.7 Å². The molecule has 3 rings (SSSR count). The zero-order valence-corrected chi connectivity index (χ0v) is 15.8. The van der Waals surface area contributed by atoms with Gasteiger partial charge in [0.25, 0.3) is 5.03 Å². The van der Waals surface area contributed by atoms with Crippen molar-refractivity contribution in [3.63, 3.8) is 0 Å². The number of anilines is 1. The number of aryl methyl sites for hydroxylation is 1. The number of aromatic nitrogens is 2. The van der Waals surface area contributed by atoms with Gasteiger partial charge >= 0.3 is 0 Å². The van der Waals surface area contributed by atoms with E-state index in [1.807, 2.05) is 38.1 Å². The first-order chi connectivity index (χ1) is 13.1. The topological polar surface area (TPSA) is 91.3 Å². The van der Waals surface area contributed by atoms with Crippen LogP contribution in [-0.4, -0.2) is 23.5 Å². The molecule has 2 aromatic carbocycles. The molecule has 8 heteroatoms. The van der Waals surface area contributed by atoms with Crippen LogP contribution in [0.1, 0.15) is 12.5 Å². The molecule has 140 valence electrons. The lowest BCUT2D eigenvalue weighted by molar-refractivity contribution is -0.705. The van der Waals surface area contributed by atoms with Gasteiger partial charge in [-0.1, -0.05) is 17.7 Å². The molecule has 0 spiro atoms. The predicted octanol–water partition coefficient (Wildman–Crippen LogP) is 2.46. The van der Waals surface area contributed by atoms with Crippen LogP contribution in [-0.2, 0) is 4.79 Å². The number of ether oxygens (including phenoxy) is 1. The zero-order valence-electron chi connectivity index (χ0n) is 15.0. The number of thioether (sulfide) groups is 1. The third-order valence-corrected chi connectivity index (χ3v) is 4.66. The Kier molecular flexibility index (Phi) is 5.97. The van der Waals surface area contributed by atoms with Crippen molar-refractivity contribution in [2.75, 3.05) is 17.7 Å². The van der Waals surface area contributed by atoms with Crippen molar-refractivity contribution in [2.45, 2.75) is 18.9 Å². The van der Waals surface area contributed by atoms with Gasteiger partial charge in [0.15, 0.2) is 5.95 Å². The SMILES string of the molecule is CCOc1ccc(NC(=O)CSc2c([O-])on[n+]2-c2ccc(C)cc2)cc1. The van der Waals surface area contributed by atoms with Crippen molar-refractivity contribution in [3.8, 4) is 17.4 Å². The van der Waals surface area contributed by atoms with E-state index in [0.29, 0.717) is 18.0 Å². The van der Waals surface area contributed by atoms with Gasteiger partial charge in [-0.15, -0.1) is 0 Å². The number of hydrogen-bond donors (Lipinski definition) is 1. The first kappa shape index (κ1) is 18.8. The monoisotopic (exact) mass is 385 g/mol. The highest BCUT2D eigenvalue weighted by Crippen LogP contribution is 2.24. The lowest BCUT2D eigenvalue weighted by Crippen LogP contribution is -2.35. The van der Waals surface area contributed by atoms with Crippen molar-refractivity contribution in [3.05, 3.63) is 54.1 Å². The van der Waals surface area contributed by atoms with Gasteiger partial charge in [0.2, 0.25) is 11.6 Å². The van der Waals surface area contributed by atoms with Gasteiger partial charge in [-0.25, -0.2) is 0 Å². The van der Waals surface area contributed by atoms with Crippen molar-refractivity contribution >= 4 is 23.4 Å². The first-order valence-electron chi connectivity index (χ1n) is 8.38. The second-order valence-corrected chi connectivity index (χ2v) is 6.67. The van der Waals surface area contributed by atoms with Gasteiger partial charge < -0.3 is 19.7 Å². The van der Waals surface area contributed by atoms with Crippen LogP contribution in [0.3, 0.4) is 0 Å². The average Bonchev–Trinajstić information content (AvgIpc) is 3.03. The molecule has 0 aliphatic rings. The van der Waals surface area contributed by atoms with Crippen LogP contribution in [0.5, 0.6) is 11.7 Å². The third kappa shape index (κ3) is 4.79. The molecule has 0 saturated heterocycles. The smallest absolute Gasteiger partial charge is 0.298 e. The van der Waals surface area contributed by atoms with E-state index < -0.39 is 5.95 Å². The fraction of sp³-hybridized carbons (Fsp3) is 0.211. The van der Waals surface area contributed by atoms with Crippen LogP contribution in [0.4, 0.5) is 5.69 Å². The van der Waals surface area contributed by atoms with Gasteiger partial charge in [-0.05, 0) is 54.6 Å². The van der Waals surface area contributed by atoms with E-state index >= 15 is 0 Å². The summed E-state index contributed by atoms with van der Waals surface area (Å²) < 4.78 is 11.5. The zero-order chi connectivity index (χ0) is 19.2. The molecule has 7 nitrogen and oxygen atoms in total. The summed E-state index contributed by atoms with van der Waals surface area (Å²) in [6, 6.07) is 14.6. The molecule has 1 N–H and O–H groups in total. The standard InChI is InChI=1S/C19H19N3O4S/c1-3-25-16-10-6-14(7-11-16)20-17(23)12-27-18-19(24)26-21-22(18)15-8-4-13(2)5-9-15/h4-11H,3,12H2,1-2H3,(H-,20,21,23,24). The minimum Gasteiger partial charge on any atom is -0.538 e. The minimum atomic E-state index is -0.575. The summed E-state index contributed by atoms with van der Waals surface area (Å²) in [4.78, 5) is 12.2. The van der Waals surface area contributed by atoms with Crippen LogP contribution in [0.25, 0.3) is 5.69 Å². The first-order valence-corrected chi connectivity index (χ1v) is 9.37. The summed E-state index contributed by atoms with van der Waals surface area (Å²) in [6.07, 6.45) is 0. The second kappa shape index (κ2) is 8.59. The molecule has 0 radical (unpaired) electrons. The number of rotatable bonds is 7. The summed E-state index contributed by atoms with van der Waals surface area (Å²) in [7, 11) is 0. The number of hydrogen-bond acceptors (Lipinski definition) is 6. The van der Waals surface area contributed by atoms with Crippen molar-refractivity contribution in [1.82, 2.24) is 5.27 Å². The molecule has 3 aromatic rings. The molecule has 0 saturated carbocycles. The van der Waals surface area contributed by atoms with Gasteiger partial charge in [0.05, 0.1) is 17.6 Å². The Labute approximate surface area is 160 Å². The number of carbonyl (C=O) groups is 1. The largest absolute Gasteiger partial charge is 0.538 e. The summed E-state index contributed by atoms with van der Waals surface area (Å²) in [6.45, 7) is 4.46. The quantitative estimate of drug-likeness (QED) is 0.496. The van der Waals surface area contributed by atoms with Crippen molar-refractivity contribution < 1.29 is 23.8 Å². The number of nitrogens with one attached hydrogen (secondary N) is 1. The molecule has 0 unspecified atom stereocenters. The van der Waals surface area contributed by atoms with E-state index in [0.717, 1.165) is 23.1 Å². The number of nitrogens with zero attached hydrogens (tertiary/aromatic N) is 2. The molecule has 1 aromatic heterocycles. The maximum Gasteiger partial charge on any atom is 0.298 e. The molecule has 0 bridgehead atoms. The van der Waals surface area contributed by atoms with E-state index in [1.165, 1.54) is 4.68 Å². The van der Waals surface area contributed by atoms with Crippen LogP contribution in [0, 0.1) is 6.92 Å². The lowest BCUT2D eigenvalue weighted by Gasteiger charge is -2.06. The fourth-order valence-corrected chi connectivity index (χ4v) is 3.10. The third-order valence-electron chi connectivity index (χ3n) is 3.64. The number of benzene rings is 2. The maximum atomic E-state index is 12.2. The highest BCUT2D eigenvalue weighted by molar-refractivity contribution is 7.99. The Morgan fingerprint density at radius 3 is 2.59 bits per heavy atom. The number of carbonyl (C=O) groups excluding carboxylic acids is 1. The summed E-state index contributed by atoms with van der Waals surface area (Å²) in [5.41, 5.74) is 2.44. The Morgan fingerprint density at radius 1 is 1.22 bits per heavy atom. The van der Waals surface area contributed by atoms with E-state index in [4.69, 9.17) is 9.26 Å².